The van der Waals surface area contributed by atoms with Gasteiger partial charge in [0, 0.05) is 0 Å². The van der Waals surface area contributed by atoms with Gasteiger partial charge in [-0.3, -0.25) is 10.1 Å². The van der Waals surface area contributed by atoms with Crippen LogP contribution in [0.25, 0.3) is 0 Å². The average Bonchev–Trinajstić information content (AvgIpc) is 2.44. The summed E-state index contributed by atoms with van der Waals surface area (Å²) in [5.41, 5.74) is 4.24. The van der Waals surface area contributed by atoms with Gasteiger partial charge in [-0.05, 0) is 6.07 Å². The summed E-state index contributed by atoms with van der Waals surface area (Å²) < 4.78 is 36.6. The van der Waals surface area contributed by atoms with Crippen molar-refractivity contribution in [2.75, 3.05) is 20.8 Å². The zero-order chi connectivity index (χ0) is 15.5. The standard InChI is InChI=1S/C11H14F2N2O5.ClH/c1-19-8-3-6(10(14)11(12,13)5-16)7(15(17)18)4-9(8)20-2;/h3-4,10,16H,5,14H2,1-2H3;1H/t10-;/m0./s1. The van der Waals surface area contributed by atoms with Crippen molar-refractivity contribution in [2.45, 2.75) is 12.0 Å². The molecule has 1 aromatic carbocycles. The summed E-state index contributed by atoms with van der Waals surface area (Å²) in [5, 5.41) is 19.6. The molecule has 0 saturated carbocycles. The molecule has 7 nitrogen and oxygen atoms in total. The average molecular weight is 329 g/mol. The van der Waals surface area contributed by atoms with Crippen LogP contribution in [0.4, 0.5) is 14.5 Å². The maximum absolute atomic E-state index is 13.4. The van der Waals surface area contributed by atoms with Crippen molar-refractivity contribution in [3.8, 4) is 11.5 Å². The SMILES string of the molecule is COc1cc([C@H](N)C(F)(F)CO)c([N+](=O)[O-])cc1OC.Cl. The van der Waals surface area contributed by atoms with E-state index in [0.29, 0.717) is 0 Å². The Hall–Kier alpha value is -1.71. The van der Waals surface area contributed by atoms with Gasteiger partial charge in [0.15, 0.2) is 11.5 Å². The number of hydrogen-bond acceptors (Lipinski definition) is 6. The number of halogens is 3. The molecule has 0 aliphatic rings. The lowest BCUT2D eigenvalue weighted by Crippen LogP contribution is -2.36. The minimum absolute atomic E-state index is 0. The first kappa shape index (κ1) is 19.3. The van der Waals surface area contributed by atoms with Crippen molar-refractivity contribution in [2.24, 2.45) is 5.73 Å². The van der Waals surface area contributed by atoms with Gasteiger partial charge in [-0.2, -0.15) is 0 Å². The maximum atomic E-state index is 13.4. The van der Waals surface area contributed by atoms with E-state index in [-0.39, 0.29) is 23.9 Å². The Morgan fingerprint density at radius 3 is 2.24 bits per heavy atom. The number of hydrogen-bond donors (Lipinski definition) is 2. The Kier molecular flexibility index (Phi) is 6.74. The fourth-order valence-corrected chi connectivity index (χ4v) is 1.62. The van der Waals surface area contributed by atoms with E-state index in [9.17, 15) is 18.9 Å². The normalized spacial score (nSPS) is 12.3. The van der Waals surface area contributed by atoms with E-state index in [1.165, 1.54) is 14.2 Å². The highest BCUT2D eigenvalue weighted by molar-refractivity contribution is 5.85. The van der Waals surface area contributed by atoms with Crippen molar-refractivity contribution in [1.29, 1.82) is 0 Å². The number of nitrogens with two attached hydrogens (primary N) is 1. The molecule has 0 saturated heterocycles. The number of benzene rings is 1. The Labute approximate surface area is 125 Å². The molecule has 0 bridgehead atoms. The first-order chi connectivity index (χ1) is 9.28. The lowest BCUT2D eigenvalue weighted by atomic mass is 9.99. The molecular weight excluding hydrogens is 314 g/mol. The Bertz CT molecular complexity index is 516. The second-order valence-corrected chi connectivity index (χ2v) is 3.92. The van der Waals surface area contributed by atoms with Gasteiger partial charge in [-0.15, -0.1) is 12.4 Å². The minimum atomic E-state index is -3.70. The molecule has 0 spiro atoms. The van der Waals surface area contributed by atoms with Gasteiger partial charge < -0.3 is 20.3 Å². The van der Waals surface area contributed by atoms with Crippen LogP contribution < -0.4 is 15.2 Å². The van der Waals surface area contributed by atoms with Crippen LogP contribution in [0.2, 0.25) is 0 Å². The first-order valence-corrected chi connectivity index (χ1v) is 5.43. The highest BCUT2D eigenvalue weighted by Gasteiger charge is 2.41. The lowest BCUT2D eigenvalue weighted by Gasteiger charge is -2.22. The van der Waals surface area contributed by atoms with E-state index >= 15 is 0 Å². The maximum Gasteiger partial charge on any atom is 0.289 e. The zero-order valence-electron chi connectivity index (χ0n) is 11.2. The third-order valence-electron chi connectivity index (χ3n) is 2.73. The van der Waals surface area contributed by atoms with Crippen LogP contribution in [0.1, 0.15) is 11.6 Å². The predicted octanol–water partition coefficient (Wildman–Crippen LogP) is 1.66. The second-order valence-electron chi connectivity index (χ2n) is 3.92. The molecule has 10 heteroatoms. The van der Waals surface area contributed by atoms with Gasteiger partial charge in [0.05, 0.1) is 30.8 Å². The van der Waals surface area contributed by atoms with Crippen molar-refractivity contribution >= 4 is 18.1 Å². The van der Waals surface area contributed by atoms with Crippen molar-refractivity contribution in [1.82, 2.24) is 0 Å². The number of nitro benzene ring substituents is 1. The van der Waals surface area contributed by atoms with Crippen LogP contribution in [0.3, 0.4) is 0 Å². The first-order valence-electron chi connectivity index (χ1n) is 5.43. The third kappa shape index (κ3) is 3.90. The Morgan fingerprint density at radius 1 is 1.38 bits per heavy atom. The number of nitrogens with zero attached hydrogens (tertiary/aromatic N) is 1. The lowest BCUT2D eigenvalue weighted by molar-refractivity contribution is -0.386. The number of aliphatic hydroxyl groups excluding tert-OH is 1. The molecule has 0 fully saturated rings. The largest absolute Gasteiger partial charge is 0.493 e. The van der Waals surface area contributed by atoms with Gasteiger partial charge in [0.25, 0.3) is 11.6 Å². The zero-order valence-corrected chi connectivity index (χ0v) is 12.0. The molecule has 1 aromatic rings. The molecule has 3 N–H and O–H groups in total. The van der Waals surface area contributed by atoms with Crippen LogP contribution in [-0.2, 0) is 0 Å². The number of ether oxygens (including phenoxy) is 2. The van der Waals surface area contributed by atoms with E-state index < -0.39 is 34.7 Å². The summed E-state index contributed by atoms with van der Waals surface area (Å²) in [6.45, 7) is -1.53. The van der Waals surface area contributed by atoms with Crippen LogP contribution in [0.5, 0.6) is 11.5 Å². The molecule has 0 heterocycles. The van der Waals surface area contributed by atoms with Crippen molar-refractivity contribution in [3.05, 3.63) is 27.8 Å². The van der Waals surface area contributed by atoms with Gasteiger partial charge in [-0.25, -0.2) is 8.78 Å². The second kappa shape index (κ2) is 7.34. The highest BCUT2D eigenvalue weighted by atomic mass is 35.5. The van der Waals surface area contributed by atoms with E-state index in [2.05, 4.69) is 0 Å². The summed E-state index contributed by atoms with van der Waals surface area (Å²) in [7, 11) is 2.51. The fraction of sp³-hybridized carbons (Fsp3) is 0.455. The topological polar surface area (TPSA) is 108 Å². The van der Waals surface area contributed by atoms with E-state index in [4.69, 9.17) is 20.3 Å². The molecule has 21 heavy (non-hydrogen) atoms. The fourth-order valence-electron chi connectivity index (χ4n) is 1.62. The van der Waals surface area contributed by atoms with Gasteiger partial charge in [0.2, 0.25) is 0 Å². The number of aliphatic hydroxyl groups is 1. The molecule has 0 aromatic heterocycles. The highest BCUT2D eigenvalue weighted by Crippen LogP contribution is 2.40. The number of rotatable bonds is 6. The van der Waals surface area contributed by atoms with E-state index in [1.807, 2.05) is 0 Å². The smallest absolute Gasteiger partial charge is 0.289 e. The van der Waals surface area contributed by atoms with Crippen LogP contribution in [-0.4, -0.2) is 36.8 Å². The summed E-state index contributed by atoms with van der Waals surface area (Å²) in [4.78, 5) is 10.1. The molecular formula is C11H15ClF2N2O5. The summed E-state index contributed by atoms with van der Waals surface area (Å²) in [6.07, 6.45) is 0. The molecule has 0 amide bonds. The minimum Gasteiger partial charge on any atom is -0.493 e. The molecule has 0 unspecified atom stereocenters. The number of nitro groups is 1. The summed E-state index contributed by atoms with van der Waals surface area (Å²) in [6, 6.07) is -0.0973. The van der Waals surface area contributed by atoms with Crippen LogP contribution in [0, 0.1) is 10.1 Å². The van der Waals surface area contributed by atoms with Crippen LogP contribution >= 0.6 is 12.4 Å². The number of alkyl halides is 2. The number of methoxy groups -OCH3 is 2. The molecule has 0 radical (unpaired) electrons. The Balaban J connectivity index is 0.00000400. The monoisotopic (exact) mass is 328 g/mol. The quantitative estimate of drug-likeness (QED) is 0.607. The van der Waals surface area contributed by atoms with Gasteiger partial charge >= 0.3 is 0 Å². The Morgan fingerprint density at radius 2 is 1.86 bits per heavy atom. The third-order valence-corrected chi connectivity index (χ3v) is 2.73. The molecule has 1 rings (SSSR count). The van der Waals surface area contributed by atoms with Gasteiger partial charge in [0.1, 0.15) is 12.6 Å². The summed E-state index contributed by atoms with van der Waals surface area (Å²) in [5.74, 6) is -3.66. The van der Waals surface area contributed by atoms with Crippen molar-refractivity contribution in [3.63, 3.8) is 0 Å². The predicted molar refractivity (Wildman–Crippen MR) is 72.4 cm³/mol. The molecule has 120 valence electrons. The van der Waals surface area contributed by atoms with E-state index in [1.54, 1.807) is 0 Å². The summed E-state index contributed by atoms with van der Waals surface area (Å²) >= 11 is 0. The van der Waals surface area contributed by atoms with E-state index in [0.717, 1.165) is 12.1 Å². The van der Waals surface area contributed by atoms with Crippen molar-refractivity contribution < 1.29 is 28.3 Å². The molecule has 0 aliphatic heterocycles. The van der Waals surface area contributed by atoms with Crippen LogP contribution in [0.15, 0.2) is 12.1 Å². The van der Waals surface area contributed by atoms with Gasteiger partial charge in [-0.1, -0.05) is 0 Å². The molecule has 1 atom stereocenters. The molecule has 0 aliphatic carbocycles.